The molecule has 1 rings (SSSR count). The molecule has 0 radical (unpaired) electrons. The molecule has 1 atom stereocenters. The first kappa shape index (κ1) is 11.5. The maximum absolute atomic E-state index is 11.5. The summed E-state index contributed by atoms with van der Waals surface area (Å²) in [5, 5.41) is 8.71. The van der Waals surface area contributed by atoms with E-state index in [9.17, 15) is 4.79 Å². The number of hydrogen-bond donors (Lipinski definition) is 1. The summed E-state index contributed by atoms with van der Waals surface area (Å²) in [6.45, 7) is 3.51. The molecule has 3 nitrogen and oxygen atoms in total. The van der Waals surface area contributed by atoms with Crippen LogP contribution in [0.15, 0.2) is 43.0 Å². The van der Waals surface area contributed by atoms with Crippen LogP contribution in [0.4, 0.5) is 0 Å². The number of carbonyl (C=O) groups is 1. The van der Waals surface area contributed by atoms with Gasteiger partial charge in [0, 0.05) is 13.0 Å². The summed E-state index contributed by atoms with van der Waals surface area (Å²) >= 11 is 0. The lowest BCUT2D eigenvalue weighted by Crippen LogP contribution is -2.17. The van der Waals surface area contributed by atoms with Crippen molar-refractivity contribution in [2.75, 3.05) is 6.61 Å². The van der Waals surface area contributed by atoms with Gasteiger partial charge in [-0.1, -0.05) is 30.9 Å². The molecule has 0 aromatic heterocycles. The Morgan fingerprint density at radius 3 is 2.67 bits per heavy atom. The highest BCUT2D eigenvalue weighted by Gasteiger charge is 2.11. The summed E-state index contributed by atoms with van der Waals surface area (Å²) in [4.78, 5) is 11.5. The fourth-order valence-electron chi connectivity index (χ4n) is 1.13. The topological polar surface area (TPSA) is 46.5 Å². The van der Waals surface area contributed by atoms with Crippen LogP contribution in [0.2, 0.25) is 0 Å². The third kappa shape index (κ3) is 3.56. The minimum Gasteiger partial charge on any atom is -0.454 e. The zero-order valence-electron chi connectivity index (χ0n) is 8.43. The van der Waals surface area contributed by atoms with E-state index < -0.39 is 12.1 Å². The first-order chi connectivity index (χ1) is 7.27. The van der Waals surface area contributed by atoms with Crippen molar-refractivity contribution in [3.8, 4) is 0 Å². The largest absolute Gasteiger partial charge is 0.454 e. The van der Waals surface area contributed by atoms with Crippen molar-refractivity contribution < 1.29 is 14.6 Å². The number of aliphatic hydroxyl groups is 1. The Kier molecular flexibility index (Phi) is 4.57. The first-order valence-electron chi connectivity index (χ1n) is 4.77. The fourth-order valence-corrected chi connectivity index (χ4v) is 1.13. The molecule has 0 aliphatic carbocycles. The molecule has 0 saturated heterocycles. The zero-order valence-corrected chi connectivity index (χ0v) is 8.43. The van der Waals surface area contributed by atoms with Crippen LogP contribution >= 0.6 is 0 Å². The minimum absolute atomic E-state index is 0.0290. The third-order valence-corrected chi connectivity index (χ3v) is 1.94. The standard InChI is InChI=1S/C12H14O3/c1-2-11(8-9-13)15-12(14)10-6-4-3-5-7-10/h2-7,11,13H,1,8-9H2/t11-/m0/s1. The molecule has 3 heteroatoms. The maximum atomic E-state index is 11.5. The second-order valence-corrected chi connectivity index (χ2v) is 3.06. The van der Waals surface area contributed by atoms with E-state index in [1.165, 1.54) is 6.08 Å². The van der Waals surface area contributed by atoms with E-state index in [4.69, 9.17) is 9.84 Å². The van der Waals surface area contributed by atoms with E-state index in [0.29, 0.717) is 12.0 Å². The summed E-state index contributed by atoms with van der Waals surface area (Å²) in [6.07, 6.45) is 1.46. The molecular formula is C12H14O3. The van der Waals surface area contributed by atoms with Gasteiger partial charge in [-0.15, -0.1) is 0 Å². The van der Waals surface area contributed by atoms with Gasteiger partial charge >= 0.3 is 5.97 Å². The predicted molar refractivity (Wildman–Crippen MR) is 57.5 cm³/mol. The molecule has 0 unspecified atom stereocenters. The third-order valence-electron chi connectivity index (χ3n) is 1.94. The number of carbonyl (C=O) groups excluding carboxylic acids is 1. The van der Waals surface area contributed by atoms with Gasteiger partial charge in [0.15, 0.2) is 0 Å². The SMILES string of the molecule is C=C[C@@H](CCO)OC(=O)c1ccccc1. The van der Waals surface area contributed by atoms with Crippen LogP contribution in [-0.2, 0) is 4.74 Å². The molecule has 0 spiro atoms. The van der Waals surface area contributed by atoms with Crippen LogP contribution in [0.3, 0.4) is 0 Å². The molecule has 0 saturated carbocycles. The van der Waals surface area contributed by atoms with E-state index in [0.717, 1.165) is 0 Å². The van der Waals surface area contributed by atoms with E-state index in [1.54, 1.807) is 24.3 Å². The Morgan fingerprint density at radius 1 is 1.47 bits per heavy atom. The van der Waals surface area contributed by atoms with Crippen LogP contribution in [0, 0.1) is 0 Å². The summed E-state index contributed by atoms with van der Waals surface area (Å²) < 4.78 is 5.11. The average Bonchev–Trinajstić information content (AvgIpc) is 2.29. The molecule has 0 heterocycles. The van der Waals surface area contributed by atoms with Gasteiger partial charge in [0.25, 0.3) is 0 Å². The number of rotatable bonds is 5. The molecule has 1 aromatic rings. The van der Waals surface area contributed by atoms with Crippen LogP contribution in [0.1, 0.15) is 16.8 Å². The summed E-state index contributed by atoms with van der Waals surface area (Å²) in [6, 6.07) is 8.73. The minimum atomic E-state index is -0.428. The van der Waals surface area contributed by atoms with Crippen molar-refractivity contribution in [1.82, 2.24) is 0 Å². The molecule has 0 fully saturated rings. The van der Waals surface area contributed by atoms with Crippen molar-refractivity contribution in [1.29, 1.82) is 0 Å². The Hall–Kier alpha value is -1.61. The molecule has 0 aliphatic heterocycles. The van der Waals surface area contributed by atoms with E-state index in [1.807, 2.05) is 6.07 Å². The molecule has 0 bridgehead atoms. The Morgan fingerprint density at radius 2 is 2.13 bits per heavy atom. The molecule has 1 aromatic carbocycles. The van der Waals surface area contributed by atoms with E-state index in [2.05, 4.69) is 6.58 Å². The number of hydrogen-bond acceptors (Lipinski definition) is 3. The summed E-state index contributed by atoms with van der Waals surface area (Å²) in [5.41, 5.74) is 0.502. The van der Waals surface area contributed by atoms with E-state index in [-0.39, 0.29) is 6.61 Å². The van der Waals surface area contributed by atoms with Gasteiger partial charge in [-0.05, 0) is 12.1 Å². The number of benzene rings is 1. The number of ether oxygens (including phenoxy) is 1. The first-order valence-corrected chi connectivity index (χ1v) is 4.77. The number of aliphatic hydroxyl groups excluding tert-OH is 1. The van der Waals surface area contributed by atoms with Gasteiger partial charge < -0.3 is 9.84 Å². The van der Waals surface area contributed by atoms with Crippen molar-refractivity contribution in [3.05, 3.63) is 48.6 Å². The predicted octanol–water partition coefficient (Wildman–Crippen LogP) is 1.78. The van der Waals surface area contributed by atoms with Gasteiger partial charge in [-0.25, -0.2) is 4.79 Å². The lowest BCUT2D eigenvalue weighted by atomic mass is 10.2. The monoisotopic (exact) mass is 206 g/mol. The van der Waals surface area contributed by atoms with Crippen LogP contribution < -0.4 is 0 Å². The van der Waals surface area contributed by atoms with Gasteiger partial charge in [0.2, 0.25) is 0 Å². The highest BCUT2D eigenvalue weighted by Crippen LogP contribution is 2.06. The van der Waals surface area contributed by atoms with Crippen LogP contribution in [-0.4, -0.2) is 23.8 Å². The Balaban J connectivity index is 2.58. The average molecular weight is 206 g/mol. The van der Waals surface area contributed by atoms with Crippen LogP contribution in [0.25, 0.3) is 0 Å². The lowest BCUT2D eigenvalue weighted by molar-refractivity contribution is 0.0351. The normalized spacial score (nSPS) is 11.8. The van der Waals surface area contributed by atoms with Crippen molar-refractivity contribution >= 4 is 5.97 Å². The molecule has 1 N–H and O–H groups in total. The van der Waals surface area contributed by atoms with Crippen molar-refractivity contribution in [2.45, 2.75) is 12.5 Å². The maximum Gasteiger partial charge on any atom is 0.338 e. The van der Waals surface area contributed by atoms with Gasteiger partial charge in [-0.2, -0.15) is 0 Å². The summed E-state index contributed by atoms with van der Waals surface area (Å²) in [7, 11) is 0. The lowest BCUT2D eigenvalue weighted by Gasteiger charge is -2.12. The van der Waals surface area contributed by atoms with E-state index >= 15 is 0 Å². The summed E-state index contributed by atoms with van der Waals surface area (Å²) in [5.74, 6) is -0.394. The zero-order chi connectivity index (χ0) is 11.1. The number of esters is 1. The van der Waals surface area contributed by atoms with Gasteiger partial charge in [0.05, 0.1) is 5.56 Å². The van der Waals surface area contributed by atoms with Crippen LogP contribution in [0.5, 0.6) is 0 Å². The molecule has 0 amide bonds. The smallest absolute Gasteiger partial charge is 0.338 e. The Bertz CT molecular complexity index is 319. The highest BCUT2D eigenvalue weighted by atomic mass is 16.5. The Labute approximate surface area is 89.0 Å². The molecule has 80 valence electrons. The van der Waals surface area contributed by atoms with Crippen molar-refractivity contribution in [3.63, 3.8) is 0 Å². The second kappa shape index (κ2) is 5.98. The molecular weight excluding hydrogens is 192 g/mol. The van der Waals surface area contributed by atoms with Gasteiger partial charge in [0.1, 0.15) is 6.10 Å². The molecule has 0 aliphatic rings. The molecule has 15 heavy (non-hydrogen) atoms. The van der Waals surface area contributed by atoms with Crippen molar-refractivity contribution in [2.24, 2.45) is 0 Å². The van der Waals surface area contributed by atoms with Gasteiger partial charge in [-0.3, -0.25) is 0 Å². The second-order valence-electron chi connectivity index (χ2n) is 3.06. The quantitative estimate of drug-likeness (QED) is 0.590. The highest BCUT2D eigenvalue weighted by molar-refractivity contribution is 5.89. The fraction of sp³-hybridized carbons (Fsp3) is 0.250.